The highest BCUT2D eigenvalue weighted by molar-refractivity contribution is 6.04. The number of rotatable bonds is 6. The molecule has 3 aromatic rings. The van der Waals surface area contributed by atoms with Gasteiger partial charge >= 0.3 is 5.97 Å². The van der Waals surface area contributed by atoms with Gasteiger partial charge in [-0.15, -0.1) is 0 Å². The Morgan fingerprint density at radius 3 is 2.54 bits per heavy atom. The summed E-state index contributed by atoms with van der Waals surface area (Å²) in [6, 6.07) is 14.5. The van der Waals surface area contributed by atoms with Crippen molar-refractivity contribution in [1.29, 1.82) is 0 Å². The number of carboxylic acids is 1. The molecule has 1 aliphatic carbocycles. The third-order valence-electron chi connectivity index (χ3n) is 5.48. The Kier molecular flexibility index (Phi) is 4.90. The molecule has 144 valence electrons. The maximum atomic E-state index is 13.1. The van der Waals surface area contributed by atoms with Crippen LogP contribution in [0.4, 0.5) is 0 Å². The fourth-order valence-corrected chi connectivity index (χ4v) is 3.71. The van der Waals surface area contributed by atoms with Crippen molar-refractivity contribution in [1.82, 2.24) is 4.57 Å². The second kappa shape index (κ2) is 7.50. The predicted molar refractivity (Wildman–Crippen MR) is 107 cm³/mol. The minimum Gasteiger partial charge on any atom is -0.493 e. The number of aryl methyl sites for hydroxylation is 1. The number of carboxylic acid groups (broad SMARTS) is 1. The van der Waals surface area contributed by atoms with Crippen LogP contribution in [0.5, 0.6) is 5.75 Å². The van der Waals surface area contributed by atoms with Crippen LogP contribution in [0, 0.1) is 12.8 Å². The molecule has 1 aliphatic rings. The monoisotopic (exact) mass is 377 g/mol. The van der Waals surface area contributed by atoms with E-state index in [4.69, 9.17) is 9.84 Å². The molecule has 1 N–H and O–H groups in total. The molecule has 5 heteroatoms. The van der Waals surface area contributed by atoms with Gasteiger partial charge in [-0.25, -0.2) is 0 Å². The first-order valence-electron chi connectivity index (χ1n) is 9.62. The van der Waals surface area contributed by atoms with Gasteiger partial charge in [0.1, 0.15) is 5.75 Å². The molecule has 0 aliphatic heterocycles. The zero-order valence-corrected chi connectivity index (χ0v) is 15.9. The van der Waals surface area contributed by atoms with Crippen molar-refractivity contribution in [2.45, 2.75) is 32.6 Å². The van der Waals surface area contributed by atoms with E-state index >= 15 is 0 Å². The third-order valence-corrected chi connectivity index (χ3v) is 5.48. The lowest BCUT2D eigenvalue weighted by Crippen LogP contribution is -2.19. The molecule has 1 aromatic heterocycles. The fourth-order valence-electron chi connectivity index (χ4n) is 3.71. The minimum absolute atomic E-state index is 0.0674. The number of fused-ring (bicyclic) bond motifs is 1. The van der Waals surface area contributed by atoms with E-state index < -0.39 is 5.97 Å². The molecule has 0 radical (unpaired) electrons. The second-order valence-electron chi connectivity index (χ2n) is 7.48. The molecule has 0 saturated heterocycles. The maximum Gasteiger partial charge on any atom is 0.307 e. The maximum absolute atomic E-state index is 13.1. The summed E-state index contributed by atoms with van der Waals surface area (Å²) in [6.45, 7) is 2.60. The quantitative estimate of drug-likeness (QED) is 0.689. The van der Waals surface area contributed by atoms with Crippen molar-refractivity contribution < 1.29 is 19.4 Å². The van der Waals surface area contributed by atoms with Gasteiger partial charge in [0.25, 0.3) is 5.91 Å². The Balaban J connectivity index is 1.59. The zero-order chi connectivity index (χ0) is 19.7. The van der Waals surface area contributed by atoms with E-state index in [1.165, 1.54) is 19.3 Å². The van der Waals surface area contributed by atoms with E-state index in [2.05, 4.69) is 0 Å². The van der Waals surface area contributed by atoms with Gasteiger partial charge in [0.2, 0.25) is 0 Å². The van der Waals surface area contributed by atoms with Gasteiger partial charge in [0.15, 0.2) is 0 Å². The lowest BCUT2D eigenvalue weighted by atomic mass is 9.86. The standard InChI is InChI=1S/C23H23NO4/c1-15-12-20-18(13-22(25)26)6-3-7-21(20)24(15)23(27)17-8-10-19(11-9-17)28-14-16-4-2-5-16/h3,6-12,16H,2,4-5,13-14H2,1H3,(H,25,26). The Morgan fingerprint density at radius 2 is 1.89 bits per heavy atom. The first-order chi connectivity index (χ1) is 13.5. The van der Waals surface area contributed by atoms with Crippen molar-refractivity contribution in [2.75, 3.05) is 6.61 Å². The summed E-state index contributed by atoms with van der Waals surface area (Å²) < 4.78 is 7.45. The number of nitrogens with zero attached hydrogens (tertiary/aromatic N) is 1. The molecule has 1 saturated carbocycles. The molecule has 1 heterocycles. The van der Waals surface area contributed by atoms with Crippen LogP contribution < -0.4 is 4.74 Å². The van der Waals surface area contributed by atoms with E-state index in [0.29, 0.717) is 17.0 Å². The minimum atomic E-state index is -0.887. The normalized spacial score (nSPS) is 14.0. The molecule has 2 aromatic carbocycles. The summed E-state index contributed by atoms with van der Waals surface area (Å²) >= 11 is 0. The molecule has 4 rings (SSSR count). The molecular formula is C23H23NO4. The first-order valence-corrected chi connectivity index (χ1v) is 9.62. The average molecular weight is 377 g/mol. The SMILES string of the molecule is Cc1cc2c(CC(=O)O)cccc2n1C(=O)c1ccc(OCC2CCC2)cc1. The summed E-state index contributed by atoms with van der Waals surface area (Å²) in [4.78, 5) is 24.2. The number of aliphatic carboxylic acids is 1. The molecule has 0 bridgehead atoms. The van der Waals surface area contributed by atoms with Crippen LogP contribution in [0.15, 0.2) is 48.5 Å². The van der Waals surface area contributed by atoms with Crippen LogP contribution >= 0.6 is 0 Å². The summed E-state index contributed by atoms with van der Waals surface area (Å²) in [6.07, 6.45) is 3.70. The zero-order valence-electron chi connectivity index (χ0n) is 15.9. The molecule has 28 heavy (non-hydrogen) atoms. The van der Waals surface area contributed by atoms with Gasteiger partial charge in [-0.1, -0.05) is 18.6 Å². The van der Waals surface area contributed by atoms with Crippen LogP contribution in [-0.2, 0) is 11.2 Å². The number of carbonyl (C=O) groups excluding carboxylic acids is 1. The van der Waals surface area contributed by atoms with Crippen LogP contribution in [0.25, 0.3) is 10.9 Å². The Labute approximate surface area is 163 Å². The molecule has 5 nitrogen and oxygen atoms in total. The van der Waals surface area contributed by atoms with Crippen molar-refractivity contribution in [3.05, 3.63) is 65.4 Å². The Bertz CT molecular complexity index is 1030. The van der Waals surface area contributed by atoms with Gasteiger partial charge < -0.3 is 9.84 Å². The Morgan fingerprint density at radius 1 is 1.14 bits per heavy atom. The number of aromatic nitrogens is 1. The number of benzene rings is 2. The smallest absolute Gasteiger partial charge is 0.307 e. The summed E-state index contributed by atoms with van der Waals surface area (Å²) in [5.74, 6) is 0.420. The van der Waals surface area contributed by atoms with Crippen molar-refractivity contribution in [2.24, 2.45) is 5.92 Å². The van der Waals surface area contributed by atoms with Gasteiger partial charge in [0.05, 0.1) is 18.5 Å². The molecule has 0 unspecified atom stereocenters. The highest BCUT2D eigenvalue weighted by Crippen LogP contribution is 2.28. The first kappa shape index (κ1) is 18.3. The van der Waals surface area contributed by atoms with E-state index in [1.54, 1.807) is 28.8 Å². The van der Waals surface area contributed by atoms with E-state index in [-0.39, 0.29) is 12.3 Å². The third kappa shape index (κ3) is 3.52. The van der Waals surface area contributed by atoms with Gasteiger partial charge in [-0.05, 0) is 67.6 Å². The molecular weight excluding hydrogens is 354 g/mol. The summed E-state index contributed by atoms with van der Waals surface area (Å²) in [5, 5.41) is 9.93. The van der Waals surface area contributed by atoms with Gasteiger partial charge in [-0.2, -0.15) is 0 Å². The number of carbonyl (C=O) groups is 2. The van der Waals surface area contributed by atoms with Crippen molar-refractivity contribution in [3.8, 4) is 5.75 Å². The fraction of sp³-hybridized carbons (Fsp3) is 0.304. The number of ether oxygens (including phenoxy) is 1. The van der Waals surface area contributed by atoms with Crippen molar-refractivity contribution >= 4 is 22.8 Å². The van der Waals surface area contributed by atoms with Crippen LogP contribution in [0.2, 0.25) is 0 Å². The predicted octanol–water partition coefficient (Wildman–Crippen LogP) is 4.44. The molecule has 0 amide bonds. The van der Waals surface area contributed by atoms with Gasteiger partial charge in [0, 0.05) is 16.6 Å². The molecule has 0 atom stereocenters. The number of hydrogen-bond acceptors (Lipinski definition) is 3. The number of hydrogen-bond donors (Lipinski definition) is 1. The van der Waals surface area contributed by atoms with Gasteiger partial charge in [-0.3, -0.25) is 14.2 Å². The largest absolute Gasteiger partial charge is 0.493 e. The van der Waals surface area contributed by atoms with E-state index in [0.717, 1.165) is 29.0 Å². The molecule has 1 fully saturated rings. The highest BCUT2D eigenvalue weighted by Gasteiger charge is 2.19. The highest BCUT2D eigenvalue weighted by atomic mass is 16.5. The van der Waals surface area contributed by atoms with E-state index in [9.17, 15) is 9.59 Å². The second-order valence-corrected chi connectivity index (χ2v) is 7.48. The molecule has 0 spiro atoms. The van der Waals surface area contributed by atoms with Crippen LogP contribution in [0.1, 0.15) is 40.9 Å². The Hall–Kier alpha value is -3.08. The average Bonchev–Trinajstić information content (AvgIpc) is 2.97. The topological polar surface area (TPSA) is 68.5 Å². The van der Waals surface area contributed by atoms with Crippen molar-refractivity contribution in [3.63, 3.8) is 0 Å². The van der Waals surface area contributed by atoms with Crippen LogP contribution in [0.3, 0.4) is 0 Å². The summed E-state index contributed by atoms with van der Waals surface area (Å²) in [7, 11) is 0. The van der Waals surface area contributed by atoms with Crippen LogP contribution in [-0.4, -0.2) is 28.2 Å². The summed E-state index contributed by atoms with van der Waals surface area (Å²) in [5.41, 5.74) is 2.79. The lowest BCUT2D eigenvalue weighted by Gasteiger charge is -2.25. The lowest BCUT2D eigenvalue weighted by molar-refractivity contribution is -0.136. The van der Waals surface area contributed by atoms with E-state index in [1.807, 2.05) is 31.2 Å².